The third kappa shape index (κ3) is 2.56. The summed E-state index contributed by atoms with van der Waals surface area (Å²) in [6, 6.07) is 8.66. The van der Waals surface area contributed by atoms with Gasteiger partial charge in [0.25, 0.3) is 0 Å². The molecule has 0 aliphatic heterocycles. The molecular weight excluding hydrogens is 196 g/mol. The van der Waals surface area contributed by atoms with E-state index < -0.39 is 0 Å². The summed E-state index contributed by atoms with van der Waals surface area (Å²) in [6.45, 7) is 4.35. The van der Waals surface area contributed by atoms with Crippen LogP contribution in [-0.4, -0.2) is 20.1 Å². The van der Waals surface area contributed by atoms with Gasteiger partial charge in [0, 0.05) is 24.2 Å². The lowest BCUT2D eigenvalue weighted by atomic mass is 9.68. The van der Waals surface area contributed by atoms with E-state index in [1.165, 1.54) is 30.5 Å². The van der Waals surface area contributed by atoms with E-state index in [0.29, 0.717) is 5.41 Å². The van der Waals surface area contributed by atoms with Crippen molar-refractivity contribution in [2.75, 3.05) is 25.5 Å². The van der Waals surface area contributed by atoms with Crippen LogP contribution in [0.25, 0.3) is 0 Å². The predicted molar refractivity (Wildman–Crippen MR) is 69.9 cm³/mol. The van der Waals surface area contributed by atoms with Gasteiger partial charge in [-0.05, 0) is 38.9 Å². The summed E-state index contributed by atoms with van der Waals surface area (Å²) >= 11 is 0. The molecule has 0 amide bonds. The van der Waals surface area contributed by atoms with Gasteiger partial charge in [-0.3, -0.25) is 0 Å². The molecule has 0 spiro atoms. The highest BCUT2D eigenvalue weighted by Gasteiger charge is 2.35. The molecule has 1 aromatic rings. The predicted octanol–water partition coefficient (Wildman–Crippen LogP) is 2.80. The Bertz CT molecular complexity index is 325. The molecule has 16 heavy (non-hydrogen) atoms. The molecule has 0 radical (unpaired) electrons. The first-order chi connectivity index (χ1) is 7.74. The molecular formula is C14H22N2. The lowest BCUT2D eigenvalue weighted by molar-refractivity contribution is 0.151. The molecule has 1 aliphatic rings. The summed E-state index contributed by atoms with van der Waals surface area (Å²) in [5.74, 6) is 0. The fourth-order valence-electron chi connectivity index (χ4n) is 2.43. The summed E-state index contributed by atoms with van der Waals surface area (Å²) in [5.41, 5.74) is 3.06. The first kappa shape index (κ1) is 11.5. The third-order valence-electron chi connectivity index (χ3n) is 3.69. The van der Waals surface area contributed by atoms with E-state index in [-0.39, 0.29) is 0 Å². The van der Waals surface area contributed by atoms with Crippen LogP contribution in [0, 0.1) is 12.3 Å². The number of benzene rings is 1. The average Bonchev–Trinajstić information content (AvgIpc) is 2.24. The van der Waals surface area contributed by atoms with E-state index in [1.807, 2.05) is 7.05 Å². The van der Waals surface area contributed by atoms with Gasteiger partial charge in [-0.15, -0.1) is 0 Å². The minimum absolute atomic E-state index is 0.500. The molecule has 2 heteroatoms. The van der Waals surface area contributed by atoms with Crippen LogP contribution in [-0.2, 0) is 0 Å². The monoisotopic (exact) mass is 218 g/mol. The summed E-state index contributed by atoms with van der Waals surface area (Å²) in [7, 11) is 2.05. The molecule has 1 aliphatic carbocycles. The highest BCUT2D eigenvalue weighted by molar-refractivity contribution is 5.44. The van der Waals surface area contributed by atoms with Gasteiger partial charge in [0.1, 0.15) is 0 Å². The van der Waals surface area contributed by atoms with Gasteiger partial charge in [0.05, 0.1) is 0 Å². The molecule has 0 heterocycles. The lowest BCUT2D eigenvalue weighted by Crippen LogP contribution is -2.44. The van der Waals surface area contributed by atoms with E-state index in [2.05, 4.69) is 41.8 Å². The first-order valence-electron chi connectivity index (χ1n) is 6.19. The van der Waals surface area contributed by atoms with Gasteiger partial charge in [0.15, 0.2) is 0 Å². The van der Waals surface area contributed by atoms with E-state index in [4.69, 9.17) is 0 Å². The molecule has 88 valence electrons. The zero-order valence-electron chi connectivity index (χ0n) is 10.3. The van der Waals surface area contributed by atoms with Crippen molar-refractivity contribution in [3.63, 3.8) is 0 Å². The van der Waals surface area contributed by atoms with Crippen LogP contribution in [0.15, 0.2) is 24.3 Å². The summed E-state index contributed by atoms with van der Waals surface area (Å²) < 4.78 is 0. The van der Waals surface area contributed by atoms with Crippen LogP contribution < -0.4 is 10.6 Å². The highest BCUT2D eigenvalue weighted by atomic mass is 14.9. The number of nitrogens with one attached hydrogen (secondary N) is 2. The Morgan fingerprint density at radius 1 is 1.12 bits per heavy atom. The van der Waals surface area contributed by atoms with Gasteiger partial charge in [0.2, 0.25) is 0 Å². The van der Waals surface area contributed by atoms with Crippen molar-refractivity contribution < 1.29 is 0 Å². The first-order valence-corrected chi connectivity index (χ1v) is 6.19. The standard InChI is InChI=1S/C14H22N2/c1-12-4-6-13(7-5-12)16-11-14(10-15-2)8-3-9-14/h4-7,15-16H,3,8-11H2,1-2H3. The van der Waals surface area contributed by atoms with Crippen LogP contribution in [0.5, 0.6) is 0 Å². The van der Waals surface area contributed by atoms with Gasteiger partial charge >= 0.3 is 0 Å². The van der Waals surface area contributed by atoms with Gasteiger partial charge < -0.3 is 10.6 Å². The average molecular weight is 218 g/mol. The Labute approximate surface area is 98.4 Å². The Morgan fingerprint density at radius 2 is 1.81 bits per heavy atom. The fraction of sp³-hybridized carbons (Fsp3) is 0.571. The van der Waals surface area contributed by atoms with Crippen molar-refractivity contribution in [1.29, 1.82) is 0 Å². The van der Waals surface area contributed by atoms with Crippen LogP contribution in [0.4, 0.5) is 5.69 Å². The second-order valence-electron chi connectivity index (χ2n) is 5.10. The van der Waals surface area contributed by atoms with Gasteiger partial charge in [-0.2, -0.15) is 0 Å². The Kier molecular flexibility index (Phi) is 3.49. The SMILES string of the molecule is CNCC1(CNc2ccc(C)cc2)CCC1. The molecule has 0 bridgehead atoms. The Balaban J connectivity index is 1.88. The summed E-state index contributed by atoms with van der Waals surface area (Å²) in [5, 5.41) is 6.88. The van der Waals surface area contributed by atoms with Crippen molar-refractivity contribution >= 4 is 5.69 Å². The molecule has 0 saturated heterocycles. The van der Waals surface area contributed by atoms with E-state index in [1.54, 1.807) is 0 Å². The molecule has 0 atom stereocenters. The number of rotatable bonds is 5. The van der Waals surface area contributed by atoms with Gasteiger partial charge in [-0.1, -0.05) is 24.1 Å². The quantitative estimate of drug-likeness (QED) is 0.794. The number of hydrogen-bond acceptors (Lipinski definition) is 2. The second-order valence-corrected chi connectivity index (χ2v) is 5.10. The molecule has 0 aromatic heterocycles. The van der Waals surface area contributed by atoms with Crippen LogP contribution >= 0.6 is 0 Å². The third-order valence-corrected chi connectivity index (χ3v) is 3.69. The van der Waals surface area contributed by atoms with Crippen LogP contribution in [0.2, 0.25) is 0 Å². The lowest BCUT2D eigenvalue weighted by Gasteiger charge is -2.42. The molecule has 2 rings (SSSR count). The second kappa shape index (κ2) is 4.88. The minimum Gasteiger partial charge on any atom is -0.384 e. The van der Waals surface area contributed by atoms with E-state index in [0.717, 1.165) is 13.1 Å². The summed E-state index contributed by atoms with van der Waals surface area (Å²) in [4.78, 5) is 0. The van der Waals surface area contributed by atoms with Crippen molar-refractivity contribution in [3.8, 4) is 0 Å². The maximum absolute atomic E-state index is 3.56. The molecule has 1 saturated carbocycles. The van der Waals surface area contributed by atoms with Crippen molar-refractivity contribution in [3.05, 3.63) is 29.8 Å². The largest absolute Gasteiger partial charge is 0.384 e. The Hall–Kier alpha value is -1.02. The molecule has 1 aromatic carbocycles. The summed E-state index contributed by atoms with van der Waals surface area (Å²) in [6.07, 6.45) is 4.09. The van der Waals surface area contributed by atoms with Crippen molar-refractivity contribution in [2.24, 2.45) is 5.41 Å². The number of anilines is 1. The number of aryl methyl sites for hydroxylation is 1. The zero-order valence-corrected chi connectivity index (χ0v) is 10.3. The van der Waals surface area contributed by atoms with E-state index >= 15 is 0 Å². The van der Waals surface area contributed by atoms with Crippen molar-refractivity contribution in [1.82, 2.24) is 5.32 Å². The van der Waals surface area contributed by atoms with Gasteiger partial charge in [-0.25, -0.2) is 0 Å². The maximum Gasteiger partial charge on any atom is 0.0340 e. The molecule has 1 fully saturated rings. The number of hydrogen-bond donors (Lipinski definition) is 2. The Morgan fingerprint density at radius 3 is 2.31 bits per heavy atom. The van der Waals surface area contributed by atoms with Crippen LogP contribution in [0.1, 0.15) is 24.8 Å². The fourth-order valence-corrected chi connectivity index (χ4v) is 2.43. The highest BCUT2D eigenvalue weighted by Crippen LogP contribution is 2.40. The smallest absolute Gasteiger partial charge is 0.0340 e. The minimum atomic E-state index is 0.500. The van der Waals surface area contributed by atoms with Crippen molar-refractivity contribution in [2.45, 2.75) is 26.2 Å². The maximum atomic E-state index is 3.56. The van der Waals surface area contributed by atoms with E-state index in [9.17, 15) is 0 Å². The zero-order chi connectivity index (χ0) is 11.4. The molecule has 0 unspecified atom stereocenters. The normalized spacial score (nSPS) is 17.9. The molecule has 2 nitrogen and oxygen atoms in total. The van der Waals surface area contributed by atoms with Crippen LogP contribution in [0.3, 0.4) is 0 Å². The topological polar surface area (TPSA) is 24.1 Å². The molecule has 2 N–H and O–H groups in total.